The van der Waals surface area contributed by atoms with Crippen molar-refractivity contribution >= 4 is 23.3 Å². The van der Waals surface area contributed by atoms with Gasteiger partial charge in [0.25, 0.3) is 0 Å². The second-order valence-corrected chi connectivity index (χ2v) is 6.66. The van der Waals surface area contributed by atoms with Gasteiger partial charge < -0.3 is 20.1 Å². The Morgan fingerprint density at radius 3 is 2.83 bits per heavy atom. The van der Waals surface area contributed by atoms with E-state index in [0.717, 1.165) is 25.7 Å². The third-order valence-corrected chi connectivity index (χ3v) is 4.53. The van der Waals surface area contributed by atoms with Crippen molar-refractivity contribution in [3.8, 4) is 0 Å². The van der Waals surface area contributed by atoms with Gasteiger partial charge in [-0.25, -0.2) is 9.78 Å². The largest absolute Gasteiger partial charge is 0.350 e. The fourth-order valence-electron chi connectivity index (χ4n) is 3.03. The summed E-state index contributed by atoms with van der Waals surface area (Å²) in [4.78, 5) is 15.8. The smallest absolute Gasteiger partial charge is 0.319 e. The Hall–Kier alpha value is -1.37. The van der Waals surface area contributed by atoms with E-state index in [-0.39, 0.29) is 22.9 Å². The van der Waals surface area contributed by atoms with Crippen molar-refractivity contribution < 1.29 is 14.3 Å². The summed E-state index contributed by atoms with van der Waals surface area (Å²) in [6, 6.07) is 3.15. The molecule has 2 rings (SSSR count). The number of halogens is 1. The first kappa shape index (κ1) is 19.0. The van der Waals surface area contributed by atoms with Crippen molar-refractivity contribution in [3.63, 3.8) is 0 Å². The van der Waals surface area contributed by atoms with Gasteiger partial charge in [-0.3, -0.25) is 0 Å². The van der Waals surface area contributed by atoms with Crippen LogP contribution in [0.5, 0.6) is 0 Å². The molecule has 2 amide bonds. The minimum atomic E-state index is -0.282. The number of aromatic nitrogens is 1. The van der Waals surface area contributed by atoms with E-state index in [1.807, 2.05) is 0 Å². The second kappa shape index (κ2) is 9.20. The minimum Gasteiger partial charge on any atom is -0.350 e. The highest BCUT2D eigenvalue weighted by molar-refractivity contribution is 6.32. The van der Waals surface area contributed by atoms with Gasteiger partial charge in [0.1, 0.15) is 0 Å². The van der Waals surface area contributed by atoms with Crippen LogP contribution in [0, 0.1) is 5.41 Å². The lowest BCUT2D eigenvalue weighted by atomic mass is 9.80. The second-order valence-electron chi connectivity index (χ2n) is 6.30. The van der Waals surface area contributed by atoms with Gasteiger partial charge in [-0.05, 0) is 31.4 Å². The number of hydrogen-bond acceptors (Lipinski definition) is 4. The van der Waals surface area contributed by atoms with Crippen molar-refractivity contribution in [2.75, 3.05) is 25.1 Å². The zero-order valence-corrected chi connectivity index (χ0v) is 15.1. The van der Waals surface area contributed by atoms with Crippen molar-refractivity contribution in [2.24, 2.45) is 5.41 Å². The first-order valence-electron chi connectivity index (χ1n) is 8.44. The summed E-state index contributed by atoms with van der Waals surface area (Å²) < 4.78 is 11.4. The van der Waals surface area contributed by atoms with E-state index < -0.39 is 0 Å². The third kappa shape index (κ3) is 5.33. The Kier molecular flexibility index (Phi) is 7.27. The number of nitrogens with one attached hydrogen (secondary N) is 2. The molecule has 0 spiro atoms. The Morgan fingerprint density at radius 1 is 1.42 bits per heavy atom. The van der Waals surface area contributed by atoms with E-state index in [1.165, 1.54) is 0 Å². The van der Waals surface area contributed by atoms with E-state index in [1.54, 1.807) is 18.3 Å². The number of rotatable bonds is 8. The normalized spacial score (nSPS) is 17.5. The van der Waals surface area contributed by atoms with Crippen LogP contribution in [0.1, 0.15) is 39.5 Å². The molecule has 1 aromatic rings. The molecule has 134 valence electrons. The molecule has 1 aliphatic heterocycles. The monoisotopic (exact) mass is 355 g/mol. The van der Waals surface area contributed by atoms with Gasteiger partial charge in [0.15, 0.2) is 11.4 Å². The Labute approximate surface area is 148 Å². The van der Waals surface area contributed by atoms with Crippen molar-refractivity contribution in [1.82, 2.24) is 10.3 Å². The van der Waals surface area contributed by atoms with Crippen molar-refractivity contribution in [1.29, 1.82) is 0 Å². The Balaban J connectivity index is 1.74. The number of amides is 2. The molecule has 1 atom stereocenters. The SMILES string of the molecule is CCC[C@@](C)(CCCNC(=O)Nc1cccnc1Cl)C1OCCO1. The van der Waals surface area contributed by atoms with Gasteiger partial charge in [0.2, 0.25) is 0 Å². The average molecular weight is 356 g/mol. The lowest BCUT2D eigenvalue weighted by Crippen LogP contribution is -2.35. The van der Waals surface area contributed by atoms with Crippen LogP contribution < -0.4 is 10.6 Å². The number of ether oxygens (including phenoxy) is 2. The number of pyridine rings is 1. The number of carbonyl (C=O) groups is 1. The van der Waals surface area contributed by atoms with E-state index >= 15 is 0 Å². The maximum absolute atomic E-state index is 11.9. The summed E-state index contributed by atoms with van der Waals surface area (Å²) in [5, 5.41) is 5.82. The highest BCUT2D eigenvalue weighted by atomic mass is 35.5. The van der Waals surface area contributed by atoms with Crippen LogP contribution in [0.4, 0.5) is 10.5 Å². The molecule has 6 nitrogen and oxygen atoms in total. The van der Waals surface area contributed by atoms with E-state index in [9.17, 15) is 4.79 Å². The zero-order chi connectivity index (χ0) is 17.4. The summed E-state index contributed by atoms with van der Waals surface area (Å²) in [7, 11) is 0. The van der Waals surface area contributed by atoms with Gasteiger partial charge in [0.05, 0.1) is 18.9 Å². The molecule has 0 aromatic carbocycles. The molecule has 1 fully saturated rings. The van der Waals surface area contributed by atoms with Crippen molar-refractivity contribution in [3.05, 3.63) is 23.5 Å². The first-order chi connectivity index (χ1) is 11.5. The molecule has 0 aliphatic carbocycles. The molecule has 0 unspecified atom stereocenters. The van der Waals surface area contributed by atoms with Crippen LogP contribution in [-0.4, -0.2) is 37.1 Å². The lowest BCUT2D eigenvalue weighted by molar-refractivity contribution is -0.133. The van der Waals surface area contributed by atoms with Crippen molar-refractivity contribution in [2.45, 2.75) is 45.8 Å². The lowest BCUT2D eigenvalue weighted by Gasteiger charge is -2.34. The minimum absolute atomic E-state index is 0.0178. The molecule has 24 heavy (non-hydrogen) atoms. The van der Waals surface area contributed by atoms with E-state index in [0.29, 0.717) is 25.4 Å². The predicted octanol–water partition coefficient (Wildman–Crippen LogP) is 3.82. The highest BCUT2D eigenvalue weighted by Gasteiger charge is 2.37. The van der Waals surface area contributed by atoms with Crippen LogP contribution in [0.15, 0.2) is 18.3 Å². The first-order valence-corrected chi connectivity index (χ1v) is 8.81. The Bertz CT molecular complexity index is 538. The molecule has 0 saturated carbocycles. The van der Waals surface area contributed by atoms with E-state index in [2.05, 4.69) is 29.5 Å². The quantitative estimate of drug-likeness (QED) is 0.549. The average Bonchev–Trinajstić information content (AvgIpc) is 3.09. The molecule has 0 radical (unpaired) electrons. The molecule has 1 saturated heterocycles. The van der Waals surface area contributed by atoms with Crippen LogP contribution in [0.2, 0.25) is 5.15 Å². The molecule has 2 N–H and O–H groups in total. The molecule has 0 bridgehead atoms. The summed E-state index contributed by atoms with van der Waals surface area (Å²) >= 11 is 5.92. The summed E-state index contributed by atoms with van der Waals surface area (Å²) in [5.41, 5.74) is 0.482. The summed E-state index contributed by atoms with van der Waals surface area (Å²) in [5.74, 6) is 0. The molecule has 7 heteroatoms. The van der Waals surface area contributed by atoms with Gasteiger partial charge in [-0.15, -0.1) is 0 Å². The molecule has 2 heterocycles. The molecular formula is C17H26ClN3O3. The predicted molar refractivity (Wildman–Crippen MR) is 94.2 cm³/mol. The molecule has 1 aliphatic rings. The van der Waals surface area contributed by atoms with Crippen LogP contribution in [-0.2, 0) is 9.47 Å². The third-order valence-electron chi connectivity index (χ3n) is 4.23. The summed E-state index contributed by atoms with van der Waals surface area (Å²) in [6.45, 7) is 6.27. The number of hydrogen-bond donors (Lipinski definition) is 2. The number of anilines is 1. The van der Waals surface area contributed by atoms with Gasteiger partial charge in [-0.2, -0.15) is 0 Å². The summed E-state index contributed by atoms with van der Waals surface area (Å²) in [6.07, 6.45) is 5.34. The number of nitrogens with zero attached hydrogens (tertiary/aromatic N) is 1. The van der Waals surface area contributed by atoms with Crippen LogP contribution in [0.3, 0.4) is 0 Å². The molecule has 1 aromatic heterocycles. The maximum atomic E-state index is 11.9. The van der Waals surface area contributed by atoms with Gasteiger partial charge in [0, 0.05) is 18.2 Å². The van der Waals surface area contributed by atoms with Crippen LogP contribution in [0.25, 0.3) is 0 Å². The topological polar surface area (TPSA) is 72.5 Å². The Morgan fingerprint density at radius 2 is 2.17 bits per heavy atom. The maximum Gasteiger partial charge on any atom is 0.319 e. The fourth-order valence-corrected chi connectivity index (χ4v) is 3.20. The number of carbonyl (C=O) groups excluding carboxylic acids is 1. The molecular weight excluding hydrogens is 330 g/mol. The van der Waals surface area contributed by atoms with E-state index in [4.69, 9.17) is 21.1 Å². The zero-order valence-electron chi connectivity index (χ0n) is 14.3. The standard InChI is InChI=1S/C17H26ClN3O3/c1-3-7-17(2,15-23-11-12-24-15)8-5-10-20-16(22)21-13-6-4-9-19-14(13)18/h4,6,9,15H,3,5,7-8,10-12H2,1-2H3,(H2,20,21,22)/t17-/m0/s1. The number of urea groups is 1. The van der Waals surface area contributed by atoms with Gasteiger partial charge >= 0.3 is 6.03 Å². The van der Waals surface area contributed by atoms with Gasteiger partial charge in [-0.1, -0.05) is 31.9 Å². The highest BCUT2D eigenvalue weighted by Crippen LogP contribution is 2.37. The fraction of sp³-hybridized carbons (Fsp3) is 0.647. The van der Waals surface area contributed by atoms with Crippen LogP contribution >= 0.6 is 11.6 Å².